The number of amides is 1. The lowest BCUT2D eigenvalue weighted by Gasteiger charge is -2.14. The Kier molecular flexibility index (Phi) is 14.9. The monoisotopic (exact) mass is 625 g/mol. The molecule has 0 atom stereocenters. The van der Waals surface area contributed by atoms with Crippen molar-refractivity contribution in [3.63, 3.8) is 0 Å². The molecule has 0 radical (unpaired) electrons. The van der Waals surface area contributed by atoms with Crippen molar-refractivity contribution in [1.82, 2.24) is 5.32 Å². The van der Waals surface area contributed by atoms with Crippen molar-refractivity contribution in [3.05, 3.63) is 59.7 Å². The molecule has 2 aromatic carbocycles. The van der Waals surface area contributed by atoms with Gasteiger partial charge in [0.15, 0.2) is 0 Å². The quantitative estimate of drug-likeness (QED) is 0.118. The van der Waals surface area contributed by atoms with Gasteiger partial charge in [0.25, 0.3) is 0 Å². The minimum absolute atomic E-state index is 0.0585. The highest BCUT2D eigenvalue weighted by molar-refractivity contribution is 14.1. The van der Waals surface area contributed by atoms with Gasteiger partial charge in [0.05, 0.1) is 46.2 Å². The average Bonchev–Trinajstić information content (AvgIpc) is 3.25. The number of unbranched alkanes of at least 4 members (excludes halogenated alkanes) is 3. The van der Waals surface area contributed by atoms with E-state index in [2.05, 4.69) is 52.2 Å². The zero-order valence-electron chi connectivity index (χ0n) is 21.6. The molecule has 0 saturated carbocycles. The summed E-state index contributed by atoms with van der Waals surface area (Å²) in [5.41, 5.74) is 4.83. The molecule has 0 aromatic heterocycles. The first-order chi connectivity index (χ1) is 18.3. The van der Waals surface area contributed by atoms with E-state index >= 15 is 0 Å². The summed E-state index contributed by atoms with van der Waals surface area (Å²) in [4.78, 5) is 12.2. The third-order valence-electron chi connectivity index (χ3n) is 6.15. The van der Waals surface area contributed by atoms with Crippen LogP contribution in [0.5, 0.6) is 0 Å². The van der Waals surface area contributed by atoms with Gasteiger partial charge in [-0.05, 0) is 39.5 Å². The zero-order valence-corrected chi connectivity index (χ0v) is 23.8. The molecule has 1 aliphatic carbocycles. The van der Waals surface area contributed by atoms with Crippen molar-refractivity contribution >= 4 is 28.7 Å². The van der Waals surface area contributed by atoms with Gasteiger partial charge in [0.1, 0.15) is 6.61 Å². The van der Waals surface area contributed by atoms with Gasteiger partial charge in [0, 0.05) is 19.1 Å². The van der Waals surface area contributed by atoms with Gasteiger partial charge in [-0.1, -0.05) is 84.0 Å². The van der Waals surface area contributed by atoms with Gasteiger partial charge in [-0.2, -0.15) is 0 Å². The molecule has 0 saturated heterocycles. The molecule has 3 rings (SSSR count). The second kappa shape index (κ2) is 18.5. The molecule has 0 unspecified atom stereocenters. The average molecular weight is 626 g/mol. The Bertz CT molecular complexity index is 866. The third-order valence-corrected chi connectivity index (χ3v) is 6.91. The van der Waals surface area contributed by atoms with Crippen molar-refractivity contribution in [3.8, 4) is 11.1 Å². The van der Waals surface area contributed by atoms with Crippen molar-refractivity contribution in [2.24, 2.45) is 0 Å². The van der Waals surface area contributed by atoms with Crippen molar-refractivity contribution in [2.45, 2.75) is 31.6 Å². The minimum atomic E-state index is -0.431. The summed E-state index contributed by atoms with van der Waals surface area (Å²) in [5, 5.41) is 2.75. The van der Waals surface area contributed by atoms with Crippen LogP contribution >= 0.6 is 22.6 Å². The highest BCUT2D eigenvalue weighted by Gasteiger charge is 2.28. The number of hydrogen-bond donors (Lipinski definition) is 1. The van der Waals surface area contributed by atoms with Crippen molar-refractivity contribution < 1.29 is 28.5 Å². The van der Waals surface area contributed by atoms with E-state index in [1.807, 2.05) is 24.3 Å². The molecule has 1 amide bonds. The normalized spacial score (nSPS) is 12.4. The number of nitrogens with one attached hydrogen (secondary N) is 1. The number of hydrogen-bond acceptors (Lipinski definition) is 6. The SMILES string of the molecule is O=C(NCCOCCOCCOCCOCCCCCCI)OCC1c2ccccc2-c2ccccc21. The van der Waals surface area contributed by atoms with Crippen molar-refractivity contribution in [2.75, 3.05) is 70.4 Å². The first-order valence-corrected chi connectivity index (χ1v) is 14.8. The van der Waals surface area contributed by atoms with Gasteiger partial charge >= 0.3 is 6.09 Å². The van der Waals surface area contributed by atoms with E-state index in [1.54, 1.807) is 0 Å². The van der Waals surface area contributed by atoms with Crippen LogP contribution in [0.1, 0.15) is 42.7 Å². The molecular weight excluding hydrogens is 585 g/mol. The molecule has 0 spiro atoms. The van der Waals surface area contributed by atoms with Crippen LogP contribution in [0.15, 0.2) is 48.5 Å². The first kappa shape index (κ1) is 29.8. The number of benzene rings is 2. The summed E-state index contributed by atoms with van der Waals surface area (Å²) in [6.45, 7) is 5.16. The van der Waals surface area contributed by atoms with E-state index in [-0.39, 0.29) is 5.92 Å². The molecule has 37 heavy (non-hydrogen) atoms. The van der Waals surface area contributed by atoms with Crippen LogP contribution in [0.4, 0.5) is 4.79 Å². The number of alkyl carbamates (subject to hydrolysis) is 1. The molecule has 204 valence electrons. The second-order valence-electron chi connectivity index (χ2n) is 8.81. The molecule has 8 heteroatoms. The van der Waals surface area contributed by atoms with Gasteiger partial charge < -0.3 is 29.0 Å². The molecular formula is C29H40INO6. The lowest BCUT2D eigenvalue weighted by molar-refractivity contribution is -0.00180. The Morgan fingerprint density at radius 2 is 1.19 bits per heavy atom. The van der Waals surface area contributed by atoms with E-state index in [0.717, 1.165) is 13.0 Å². The van der Waals surface area contributed by atoms with Crippen LogP contribution in [0.3, 0.4) is 0 Å². The molecule has 2 aromatic rings. The maximum Gasteiger partial charge on any atom is 0.407 e. The van der Waals surface area contributed by atoms with E-state index in [0.29, 0.717) is 59.4 Å². The summed E-state index contributed by atoms with van der Waals surface area (Å²) in [6, 6.07) is 16.6. The Balaban J connectivity index is 1.12. The Morgan fingerprint density at radius 3 is 1.78 bits per heavy atom. The molecule has 1 N–H and O–H groups in total. The highest BCUT2D eigenvalue weighted by atomic mass is 127. The largest absolute Gasteiger partial charge is 0.449 e. The summed E-state index contributed by atoms with van der Waals surface area (Å²) in [5.74, 6) is 0.0585. The van der Waals surface area contributed by atoms with Crippen LogP contribution < -0.4 is 5.32 Å². The predicted molar refractivity (Wildman–Crippen MR) is 154 cm³/mol. The van der Waals surface area contributed by atoms with Gasteiger partial charge in [0.2, 0.25) is 0 Å². The number of ether oxygens (including phenoxy) is 5. The Morgan fingerprint density at radius 1 is 0.676 bits per heavy atom. The van der Waals surface area contributed by atoms with Crippen LogP contribution in [-0.4, -0.2) is 76.5 Å². The van der Waals surface area contributed by atoms with Gasteiger partial charge in [-0.3, -0.25) is 0 Å². The summed E-state index contributed by atoms with van der Waals surface area (Å²) in [7, 11) is 0. The summed E-state index contributed by atoms with van der Waals surface area (Å²) >= 11 is 2.42. The summed E-state index contributed by atoms with van der Waals surface area (Å²) < 4.78 is 28.8. The fourth-order valence-corrected chi connectivity index (χ4v) is 4.83. The van der Waals surface area contributed by atoms with E-state index in [1.165, 1.54) is 45.9 Å². The fourth-order valence-electron chi connectivity index (χ4n) is 4.29. The second-order valence-corrected chi connectivity index (χ2v) is 9.88. The fraction of sp³-hybridized carbons (Fsp3) is 0.552. The van der Waals surface area contributed by atoms with Gasteiger partial charge in [-0.25, -0.2) is 4.79 Å². The van der Waals surface area contributed by atoms with Crippen LogP contribution in [-0.2, 0) is 23.7 Å². The number of halogens is 1. The topological polar surface area (TPSA) is 75.3 Å². The number of fused-ring (bicyclic) bond motifs is 3. The standard InChI is InChI=1S/C29H40INO6/c30-13-7-1-2-8-15-33-17-19-35-21-22-36-20-18-34-16-14-31-29(32)37-23-28-26-11-5-3-9-24(26)25-10-4-6-12-27(25)28/h3-6,9-12,28H,1-2,7-8,13-23H2,(H,31,32). The van der Waals surface area contributed by atoms with Crippen LogP contribution in [0, 0.1) is 0 Å². The molecule has 1 aliphatic rings. The summed E-state index contributed by atoms with van der Waals surface area (Å²) in [6.07, 6.45) is 4.52. The molecule has 0 aliphatic heterocycles. The Labute approximate surface area is 234 Å². The number of alkyl halides is 1. The third kappa shape index (κ3) is 10.9. The van der Waals surface area contributed by atoms with Crippen LogP contribution in [0.2, 0.25) is 0 Å². The zero-order chi connectivity index (χ0) is 26.0. The van der Waals surface area contributed by atoms with Crippen molar-refractivity contribution in [1.29, 1.82) is 0 Å². The maximum absolute atomic E-state index is 12.2. The Hall–Kier alpha value is -1.72. The van der Waals surface area contributed by atoms with Gasteiger partial charge in [-0.15, -0.1) is 0 Å². The molecule has 0 fully saturated rings. The highest BCUT2D eigenvalue weighted by Crippen LogP contribution is 2.44. The smallest absolute Gasteiger partial charge is 0.407 e. The van der Waals surface area contributed by atoms with E-state index < -0.39 is 6.09 Å². The minimum Gasteiger partial charge on any atom is -0.449 e. The number of carbonyl (C=O) groups excluding carboxylic acids is 1. The van der Waals surface area contributed by atoms with E-state index in [4.69, 9.17) is 23.7 Å². The number of carbonyl (C=O) groups is 1. The van der Waals surface area contributed by atoms with E-state index in [9.17, 15) is 4.79 Å². The number of rotatable bonds is 20. The predicted octanol–water partition coefficient (Wildman–Crippen LogP) is 5.59. The molecule has 0 bridgehead atoms. The first-order valence-electron chi connectivity index (χ1n) is 13.3. The maximum atomic E-state index is 12.2. The molecule has 7 nitrogen and oxygen atoms in total. The molecule has 0 heterocycles. The van der Waals surface area contributed by atoms with Crippen LogP contribution in [0.25, 0.3) is 11.1 Å². The lowest BCUT2D eigenvalue weighted by atomic mass is 9.98. The lowest BCUT2D eigenvalue weighted by Crippen LogP contribution is -2.29.